The van der Waals surface area contributed by atoms with Crippen LogP contribution >= 0.6 is 0 Å². The van der Waals surface area contributed by atoms with Crippen molar-refractivity contribution < 1.29 is 26.0 Å². The molecule has 0 radical (unpaired) electrons. The van der Waals surface area contributed by atoms with E-state index in [2.05, 4.69) is 5.32 Å². The van der Waals surface area contributed by atoms with Crippen molar-refractivity contribution in [3.8, 4) is 0 Å². The van der Waals surface area contributed by atoms with Gasteiger partial charge in [-0.25, -0.2) is 21.2 Å². The number of nitrogens with one attached hydrogen (secondary N) is 1. The Morgan fingerprint density at radius 2 is 2.00 bits per heavy atom. The fourth-order valence-electron chi connectivity index (χ4n) is 2.39. The first-order chi connectivity index (χ1) is 10.5. The van der Waals surface area contributed by atoms with Crippen molar-refractivity contribution in [3.63, 3.8) is 0 Å². The molecular weight excluding hydrogens is 345 g/mol. The van der Waals surface area contributed by atoms with E-state index in [1.165, 1.54) is 0 Å². The van der Waals surface area contributed by atoms with Crippen LogP contribution in [0.25, 0.3) is 0 Å². The van der Waals surface area contributed by atoms with Gasteiger partial charge in [0.15, 0.2) is 19.7 Å². The molecule has 1 atom stereocenters. The highest BCUT2D eigenvalue weighted by atomic mass is 32.2. The summed E-state index contributed by atoms with van der Waals surface area (Å²) in [5, 5.41) is 1.44. The molecule has 1 aromatic rings. The van der Waals surface area contributed by atoms with Gasteiger partial charge in [-0.1, -0.05) is 0 Å². The van der Waals surface area contributed by atoms with Gasteiger partial charge in [-0.2, -0.15) is 0 Å². The second-order valence-electron chi connectivity index (χ2n) is 5.84. The number of rotatable bonds is 4. The van der Waals surface area contributed by atoms with E-state index < -0.39 is 42.4 Å². The molecule has 1 aliphatic rings. The minimum Gasteiger partial charge on any atom is -0.350 e. The van der Waals surface area contributed by atoms with Gasteiger partial charge in [-0.05, 0) is 38.5 Å². The molecule has 6 nitrogen and oxygen atoms in total. The quantitative estimate of drug-likeness (QED) is 0.803. The van der Waals surface area contributed by atoms with Crippen molar-refractivity contribution in [2.75, 3.05) is 11.5 Å². The van der Waals surface area contributed by atoms with Crippen LogP contribution in [0, 0.1) is 5.82 Å². The Labute approximate surface area is 134 Å². The zero-order valence-electron chi connectivity index (χ0n) is 12.7. The minimum absolute atomic E-state index is 0.00949. The van der Waals surface area contributed by atoms with Crippen LogP contribution in [0.5, 0.6) is 0 Å². The van der Waals surface area contributed by atoms with Crippen molar-refractivity contribution in [3.05, 3.63) is 29.6 Å². The van der Waals surface area contributed by atoms with Gasteiger partial charge >= 0.3 is 0 Å². The summed E-state index contributed by atoms with van der Waals surface area (Å²) in [6.45, 7) is 3.39. The Morgan fingerprint density at radius 3 is 2.52 bits per heavy atom. The summed E-state index contributed by atoms with van der Waals surface area (Å²) in [6, 6.07) is 2.70. The van der Waals surface area contributed by atoms with E-state index in [9.17, 15) is 26.0 Å². The van der Waals surface area contributed by atoms with E-state index >= 15 is 0 Å². The molecule has 23 heavy (non-hydrogen) atoms. The Hall–Kier alpha value is -1.48. The van der Waals surface area contributed by atoms with Crippen LogP contribution < -0.4 is 5.32 Å². The highest BCUT2D eigenvalue weighted by Crippen LogP contribution is 2.26. The van der Waals surface area contributed by atoms with Gasteiger partial charge in [0.2, 0.25) is 0 Å². The Kier molecular flexibility index (Phi) is 4.81. The molecule has 0 saturated carbocycles. The van der Waals surface area contributed by atoms with Gasteiger partial charge in [0.1, 0.15) is 5.82 Å². The summed E-state index contributed by atoms with van der Waals surface area (Å²) >= 11 is 0. The average molecular weight is 363 g/mol. The lowest BCUT2D eigenvalue weighted by Crippen LogP contribution is -2.31. The largest absolute Gasteiger partial charge is 0.350 e. The van der Waals surface area contributed by atoms with E-state index in [-0.39, 0.29) is 28.7 Å². The molecule has 0 aliphatic carbocycles. The number of carbonyl (C=O) groups is 1. The van der Waals surface area contributed by atoms with E-state index in [1.807, 2.05) is 0 Å². The third kappa shape index (κ3) is 3.89. The van der Waals surface area contributed by atoms with Gasteiger partial charge in [-0.3, -0.25) is 4.79 Å². The highest BCUT2D eigenvalue weighted by Gasteiger charge is 2.38. The number of hydrogen-bond donors (Lipinski definition) is 1. The summed E-state index contributed by atoms with van der Waals surface area (Å²) in [4.78, 5) is 11.7. The predicted octanol–water partition coefficient (Wildman–Crippen LogP) is 0.925. The summed E-state index contributed by atoms with van der Waals surface area (Å²) in [5.41, 5.74) is -0.374. The second kappa shape index (κ2) is 6.20. The van der Waals surface area contributed by atoms with Crippen LogP contribution in [-0.2, 0) is 19.7 Å². The second-order valence-corrected chi connectivity index (χ2v) is 10.3. The summed E-state index contributed by atoms with van der Waals surface area (Å²) in [5.74, 6) is -2.17. The van der Waals surface area contributed by atoms with E-state index in [1.54, 1.807) is 13.8 Å². The summed E-state index contributed by atoms with van der Waals surface area (Å²) in [6.07, 6.45) is 0.00949. The third-order valence-electron chi connectivity index (χ3n) is 3.56. The average Bonchev–Trinajstić information content (AvgIpc) is 2.79. The van der Waals surface area contributed by atoms with E-state index in [0.29, 0.717) is 0 Å². The van der Waals surface area contributed by atoms with Crippen molar-refractivity contribution in [2.24, 2.45) is 0 Å². The monoisotopic (exact) mass is 363 g/mol. The molecule has 1 aromatic carbocycles. The maximum absolute atomic E-state index is 13.8. The molecule has 0 unspecified atom stereocenters. The van der Waals surface area contributed by atoms with Crippen LogP contribution in [0.2, 0.25) is 0 Å². The number of carbonyl (C=O) groups excluding carboxylic acids is 1. The lowest BCUT2D eigenvalue weighted by Gasteiger charge is -2.13. The third-order valence-corrected chi connectivity index (χ3v) is 7.73. The van der Waals surface area contributed by atoms with E-state index in [4.69, 9.17) is 0 Å². The van der Waals surface area contributed by atoms with Gasteiger partial charge in [0.25, 0.3) is 5.91 Å². The molecular formula is C14H18FNO5S2. The molecule has 1 aliphatic heterocycles. The van der Waals surface area contributed by atoms with Gasteiger partial charge in [0, 0.05) is 6.04 Å². The van der Waals surface area contributed by atoms with Gasteiger partial charge in [-0.15, -0.1) is 0 Å². The highest BCUT2D eigenvalue weighted by molar-refractivity contribution is 7.96. The molecule has 1 fully saturated rings. The van der Waals surface area contributed by atoms with Crippen molar-refractivity contribution >= 4 is 25.6 Å². The summed E-state index contributed by atoms with van der Waals surface area (Å²) in [7, 11) is -7.31. The van der Waals surface area contributed by atoms with Gasteiger partial charge < -0.3 is 5.32 Å². The molecule has 0 spiro atoms. The van der Waals surface area contributed by atoms with Crippen molar-refractivity contribution in [1.82, 2.24) is 5.32 Å². The first-order valence-electron chi connectivity index (χ1n) is 7.07. The topological polar surface area (TPSA) is 97.4 Å². The zero-order valence-corrected chi connectivity index (χ0v) is 14.4. The molecule has 2 rings (SSSR count). The molecule has 1 saturated heterocycles. The molecule has 9 heteroatoms. The standard InChI is InChI=1S/C14H18FNO5S2/c1-9(2)16-14(17)12-7-10(3-4-13(12)15)23(20,21)11-5-6-22(18,19)8-11/h3-4,7,9,11H,5-6,8H2,1-2H3,(H,16,17)/t11-/m0/s1. The van der Waals surface area contributed by atoms with Crippen LogP contribution in [0.4, 0.5) is 4.39 Å². The van der Waals surface area contributed by atoms with Crippen LogP contribution in [0.3, 0.4) is 0 Å². The molecule has 128 valence electrons. The maximum Gasteiger partial charge on any atom is 0.254 e. The Balaban J connectivity index is 2.39. The minimum atomic E-state index is -3.94. The Morgan fingerprint density at radius 1 is 1.35 bits per heavy atom. The molecule has 1 N–H and O–H groups in total. The predicted molar refractivity (Wildman–Crippen MR) is 83.2 cm³/mol. The van der Waals surface area contributed by atoms with Gasteiger partial charge in [0.05, 0.1) is 27.2 Å². The molecule has 0 aromatic heterocycles. The van der Waals surface area contributed by atoms with Crippen LogP contribution in [0.1, 0.15) is 30.6 Å². The number of benzene rings is 1. The normalized spacial score (nSPS) is 20.6. The molecule has 0 bridgehead atoms. The zero-order chi connectivity index (χ0) is 17.4. The molecule has 1 heterocycles. The summed E-state index contributed by atoms with van der Waals surface area (Å²) < 4.78 is 61.8. The number of amides is 1. The van der Waals surface area contributed by atoms with Crippen LogP contribution in [0.15, 0.2) is 23.1 Å². The number of sulfone groups is 2. The number of halogens is 1. The smallest absolute Gasteiger partial charge is 0.254 e. The first-order valence-corrected chi connectivity index (χ1v) is 10.4. The SMILES string of the molecule is CC(C)NC(=O)c1cc(S(=O)(=O)[C@H]2CCS(=O)(=O)C2)ccc1F. The lowest BCUT2D eigenvalue weighted by atomic mass is 10.2. The van der Waals surface area contributed by atoms with E-state index in [0.717, 1.165) is 18.2 Å². The lowest BCUT2D eigenvalue weighted by molar-refractivity contribution is 0.0939. The van der Waals surface area contributed by atoms with Crippen molar-refractivity contribution in [1.29, 1.82) is 0 Å². The fraction of sp³-hybridized carbons (Fsp3) is 0.500. The van der Waals surface area contributed by atoms with Crippen molar-refractivity contribution in [2.45, 2.75) is 36.5 Å². The first kappa shape index (κ1) is 17.9. The fourth-order valence-corrected chi connectivity index (χ4v) is 6.78. The maximum atomic E-state index is 13.8. The number of hydrogen-bond acceptors (Lipinski definition) is 5. The Bertz CT molecular complexity index is 831. The van der Waals surface area contributed by atoms with Crippen LogP contribution in [-0.4, -0.2) is 45.5 Å². The molecule has 1 amide bonds.